The van der Waals surface area contributed by atoms with Crippen LogP contribution in [0.1, 0.15) is 11.1 Å². The Bertz CT molecular complexity index is 853. The highest BCUT2D eigenvalue weighted by Crippen LogP contribution is 2.30. The predicted octanol–water partition coefficient (Wildman–Crippen LogP) is 5.24. The SMILES string of the molecule is Cc1ccc2c(C=Nc3ccc(Cl)cc3Cl)c(O)[nH]c2c1. The van der Waals surface area contributed by atoms with E-state index < -0.39 is 0 Å². The monoisotopic (exact) mass is 318 g/mol. The zero-order chi connectivity index (χ0) is 15.0. The molecule has 0 amide bonds. The Balaban J connectivity index is 2.05. The maximum Gasteiger partial charge on any atom is 0.198 e. The number of aryl methyl sites for hydroxylation is 1. The van der Waals surface area contributed by atoms with Crippen LogP contribution >= 0.6 is 23.2 Å². The predicted molar refractivity (Wildman–Crippen MR) is 88.4 cm³/mol. The van der Waals surface area contributed by atoms with E-state index in [0.29, 0.717) is 21.3 Å². The average molecular weight is 319 g/mol. The molecule has 106 valence electrons. The van der Waals surface area contributed by atoms with E-state index in [-0.39, 0.29) is 5.88 Å². The summed E-state index contributed by atoms with van der Waals surface area (Å²) < 4.78 is 0. The van der Waals surface area contributed by atoms with Gasteiger partial charge in [0.05, 0.1) is 16.3 Å². The molecular weight excluding hydrogens is 307 g/mol. The normalized spacial score (nSPS) is 11.6. The van der Waals surface area contributed by atoms with Crippen molar-refractivity contribution in [1.29, 1.82) is 0 Å². The van der Waals surface area contributed by atoms with E-state index in [1.54, 1.807) is 24.4 Å². The van der Waals surface area contributed by atoms with E-state index in [9.17, 15) is 5.11 Å². The molecule has 2 aromatic carbocycles. The van der Waals surface area contributed by atoms with Gasteiger partial charge in [-0.2, -0.15) is 0 Å². The van der Waals surface area contributed by atoms with E-state index in [2.05, 4.69) is 9.98 Å². The minimum atomic E-state index is 0.0874. The van der Waals surface area contributed by atoms with Crippen molar-refractivity contribution in [2.24, 2.45) is 4.99 Å². The quantitative estimate of drug-likeness (QED) is 0.624. The number of halogens is 2. The fraction of sp³-hybridized carbons (Fsp3) is 0.0625. The number of aromatic nitrogens is 1. The molecule has 2 N–H and O–H groups in total. The minimum absolute atomic E-state index is 0.0874. The first-order valence-electron chi connectivity index (χ1n) is 6.35. The van der Waals surface area contributed by atoms with Crippen LogP contribution in [0.4, 0.5) is 5.69 Å². The lowest BCUT2D eigenvalue weighted by Crippen LogP contribution is -1.80. The summed E-state index contributed by atoms with van der Waals surface area (Å²) in [6.07, 6.45) is 1.60. The molecule has 0 saturated carbocycles. The van der Waals surface area contributed by atoms with Gasteiger partial charge in [0.15, 0.2) is 5.88 Å². The number of hydrogen-bond acceptors (Lipinski definition) is 2. The molecule has 0 unspecified atom stereocenters. The lowest BCUT2D eigenvalue weighted by Gasteiger charge is -1.98. The van der Waals surface area contributed by atoms with Crippen LogP contribution in [0.15, 0.2) is 41.4 Å². The first kappa shape index (κ1) is 14.0. The molecule has 0 aliphatic rings. The topological polar surface area (TPSA) is 48.4 Å². The number of fused-ring (bicyclic) bond motifs is 1. The number of nitrogens with one attached hydrogen (secondary N) is 1. The molecule has 3 aromatic rings. The number of aromatic amines is 1. The third-order valence-electron chi connectivity index (χ3n) is 3.22. The lowest BCUT2D eigenvalue weighted by molar-refractivity contribution is 0.457. The Morgan fingerprint density at radius 3 is 2.71 bits per heavy atom. The highest BCUT2D eigenvalue weighted by Gasteiger charge is 2.09. The molecule has 0 radical (unpaired) electrons. The van der Waals surface area contributed by atoms with Gasteiger partial charge in [-0.1, -0.05) is 35.3 Å². The van der Waals surface area contributed by atoms with Gasteiger partial charge >= 0.3 is 0 Å². The average Bonchev–Trinajstić information content (AvgIpc) is 2.72. The van der Waals surface area contributed by atoms with Crippen molar-refractivity contribution in [3.05, 3.63) is 57.6 Å². The molecule has 3 nitrogen and oxygen atoms in total. The summed E-state index contributed by atoms with van der Waals surface area (Å²) >= 11 is 11.9. The van der Waals surface area contributed by atoms with E-state index in [4.69, 9.17) is 23.2 Å². The number of aromatic hydroxyl groups is 1. The summed E-state index contributed by atoms with van der Waals surface area (Å²) in [6.45, 7) is 2.00. The highest BCUT2D eigenvalue weighted by molar-refractivity contribution is 6.36. The van der Waals surface area contributed by atoms with Crippen molar-refractivity contribution in [2.45, 2.75) is 6.92 Å². The first-order valence-corrected chi connectivity index (χ1v) is 7.10. The van der Waals surface area contributed by atoms with Gasteiger partial charge in [-0.15, -0.1) is 0 Å². The molecular formula is C16H12Cl2N2O. The van der Waals surface area contributed by atoms with Crippen LogP contribution in [-0.2, 0) is 0 Å². The van der Waals surface area contributed by atoms with E-state index in [0.717, 1.165) is 16.5 Å². The van der Waals surface area contributed by atoms with Crippen LogP contribution < -0.4 is 0 Å². The Kier molecular flexibility index (Phi) is 3.62. The molecule has 0 fully saturated rings. The van der Waals surface area contributed by atoms with Gasteiger partial charge in [-0.05, 0) is 36.8 Å². The largest absolute Gasteiger partial charge is 0.494 e. The fourth-order valence-electron chi connectivity index (χ4n) is 2.17. The molecule has 0 aliphatic heterocycles. The first-order chi connectivity index (χ1) is 10.0. The molecule has 0 saturated heterocycles. The van der Waals surface area contributed by atoms with Crippen LogP contribution in [0.3, 0.4) is 0 Å². The van der Waals surface area contributed by atoms with Gasteiger partial charge in [-0.25, -0.2) is 0 Å². The second kappa shape index (κ2) is 5.43. The molecule has 3 rings (SSSR count). The van der Waals surface area contributed by atoms with E-state index in [1.807, 2.05) is 25.1 Å². The highest BCUT2D eigenvalue weighted by atomic mass is 35.5. The van der Waals surface area contributed by atoms with Crippen molar-refractivity contribution in [3.8, 4) is 5.88 Å². The molecule has 5 heteroatoms. The van der Waals surface area contributed by atoms with E-state index >= 15 is 0 Å². The molecule has 0 aliphatic carbocycles. The van der Waals surface area contributed by atoms with Gasteiger partial charge in [0, 0.05) is 22.1 Å². The van der Waals surface area contributed by atoms with Crippen molar-refractivity contribution in [2.75, 3.05) is 0 Å². The summed E-state index contributed by atoms with van der Waals surface area (Å²) in [7, 11) is 0. The van der Waals surface area contributed by atoms with Gasteiger partial charge in [0.1, 0.15) is 0 Å². The maximum atomic E-state index is 10.0. The third-order valence-corrected chi connectivity index (χ3v) is 3.75. The number of H-pyrrole nitrogens is 1. The summed E-state index contributed by atoms with van der Waals surface area (Å²) in [6, 6.07) is 11.0. The van der Waals surface area contributed by atoms with E-state index in [1.165, 1.54) is 0 Å². The Labute approximate surface area is 131 Å². The molecule has 21 heavy (non-hydrogen) atoms. The molecule has 0 atom stereocenters. The summed E-state index contributed by atoms with van der Waals surface area (Å²) in [4.78, 5) is 7.27. The maximum absolute atomic E-state index is 10.0. The number of nitrogens with zero attached hydrogens (tertiary/aromatic N) is 1. The molecule has 1 heterocycles. The standard InChI is InChI=1S/C16H12Cl2N2O/c1-9-2-4-11-12(16(21)20-15(11)6-9)8-19-14-5-3-10(17)7-13(14)18/h2-8,20-21H,1H3. The molecule has 0 bridgehead atoms. The third kappa shape index (κ3) is 2.75. The fourth-order valence-corrected chi connectivity index (χ4v) is 2.63. The van der Waals surface area contributed by atoms with Gasteiger partial charge in [-0.3, -0.25) is 4.99 Å². The van der Waals surface area contributed by atoms with Crippen LogP contribution in [0.25, 0.3) is 10.9 Å². The Morgan fingerprint density at radius 2 is 1.95 bits per heavy atom. The minimum Gasteiger partial charge on any atom is -0.494 e. The Morgan fingerprint density at radius 1 is 1.14 bits per heavy atom. The van der Waals surface area contributed by atoms with Gasteiger partial charge in [0.2, 0.25) is 0 Å². The number of hydrogen-bond donors (Lipinski definition) is 2. The smallest absolute Gasteiger partial charge is 0.198 e. The zero-order valence-electron chi connectivity index (χ0n) is 11.2. The van der Waals surface area contributed by atoms with Gasteiger partial charge < -0.3 is 10.1 Å². The Hall–Kier alpha value is -1.97. The lowest BCUT2D eigenvalue weighted by atomic mass is 10.1. The summed E-state index contributed by atoms with van der Waals surface area (Å²) in [5, 5.41) is 12.0. The van der Waals surface area contributed by atoms with Crippen LogP contribution in [-0.4, -0.2) is 16.3 Å². The summed E-state index contributed by atoms with van der Waals surface area (Å²) in [5.41, 5.74) is 3.22. The van der Waals surface area contributed by atoms with Crippen LogP contribution in [0.2, 0.25) is 10.0 Å². The van der Waals surface area contributed by atoms with Crippen LogP contribution in [0.5, 0.6) is 5.88 Å². The van der Waals surface area contributed by atoms with Crippen molar-refractivity contribution < 1.29 is 5.11 Å². The van der Waals surface area contributed by atoms with Crippen LogP contribution in [0, 0.1) is 6.92 Å². The second-order valence-electron chi connectivity index (χ2n) is 4.79. The second-order valence-corrected chi connectivity index (χ2v) is 5.63. The van der Waals surface area contributed by atoms with Crippen molar-refractivity contribution >= 4 is 46.0 Å². The van der Waals surface area contributed by atoms with Crippen molar-refractivity contribution in [3.63, 3.8) is 0 Å². The molecule has 0 spiro atoms. The summed E-state index contributed by atoms with van der Waals surface area (Å²) in [5.74, 6) is 0.0874. The van der Waals surface area contributed by atoms with Gasteiger partial charge in [0.25, 0.3) is 0 Å². The number of benzene rings is 2. The molecule has 1 aromatic heterocycles. The zero-order valence-corrected chi connectivity index (χ0v) is 12.7. The van der Waals surface area contributed by atoms with Crippen molar-refractivity contribution in [1.82, 2.24) is 4.98 Å². The number of aliphatic imine (C=N–C) groups is 1. The number of rotatable bonds is 2.